The van der Waals surface area contributed by atoms with Crippen LogP contribution in [0.3, 0.4) is 0 Å². The maximum atomic E-state index is 14.3. The standard InChI is InChI=1S/C42H50F2N10O5/c1-24-18-49(20-26-8-10-50(11-9-26)29-5-4-27-21-52(40(58)30(27)16-29)34-6-7-36(55)46-39(34)57)19-25(2)54(24)41(59)51-12-13-53-35-17-33(31-14-28(43)15-32(44)37(31)56)47-48-38(35)45-22-42(53,3)23-51/h4-5,14-17,24-26,34,56H,6-13,18-23H2,1-3H3,(H,45,48)(H,46,55,57)/t24-,25-,34-,42+/m1/s1. The molecule has 0 unspecified atom stereocenters. The van der Waals surface area contributed by atoms with Gasteiger partial charge in [0.25, 0.3) is 5.91 Å². The second kappa shape index (κ2) is 14.9. The molecule has 0 bridgehead atoms. The number of carbonyl (C=O) groups excluding carboxylic acids is 4. The van der Waals surface area contributed by atoms with Gasteiger partial charge in [-0.15, -0.1) is 10.2 Å². The molecule has 312 valence electrons. The summed E-state index contributed by atoms with van der Waals surface area (Å²) in [5, 5.41) is 24.5. The van der Waals surface area contributed by atoms with Crippen molar-refractivity contribution in [3.63, 3.8) is 0 Å². The van der Waals surface area contributed by atoms with E-state index in [1.165, 1.54) is 0 Å². The van der Waals surface area contributed by atoms with Crippen LogP contribution in [0.4, 0.5) is 30.8 Å². The number of hydrogen-bond acceptors (Lipinski definition) is 11. The number of nitrogens with zero attached hydrogens (tertiary/aromatic N) is 8. The van der Waals surface area contributed by atoms with E-state index in [1.54, 1.807) is 11.0 Å². The number of aromatic nitrogens is 2. The van der Waals surface area contributed by atoms with Gasteiger partial charge in [-0.05, 0) is 75.8 Å². The van der Waals surface area contributed by atoms with Gasteiger partial charge in [0.2, 0.25) is 11.8 Å². The van der Waals surface area contributed by atoms with Crippen molar-refractivity contribution >= 4 is 40.9 Å². The molecular formula is C42H50F2N10O5. The maximum absolute atomic E-state index is 14.3. The first kappa shape index (κ1) is 38.9. The third kappa shape index (κ3) is 7.06. The average Bonchev–Trinajstić information content (AvgIpc) is 3.53. The summed E-state index contributed by atoms with van der Waals surface area (Å²) in [6.45, 7) is 13.0. The summed E-state index contributed by atoms with van der Waals surface area (Å²) in [6.07, 6.45) is 2.61. The van der Waals surface area contributed by atoms with Crippen LogP contribution in [-0.4, -0.2) is 141 Å². The van der Waals surface area contributed by atoms with Crippen molar-refractivity contribution in [2.24, 2.45) is 5.92 Å². The van der Waals surface area contributed by atoms with E-state index in [-0.39, 0.29) is 47.6 Å². The topological polar surface area (TPSA) is 158 Å². The van der Waals surface area contributed by atoms with Crippen molar-refractivity contribution in [1.29, 1.82) is 0 Å². The molecule has 2 aromatic carbocycles. The van der Waals surface area contributed by atoms with Gasteiger partial charge in [-0.1, -0.05) is 6.07 Å². The van der Waals surface area contributed by atoms with Gasteiger partial charge in [0, 0.05) is 107 Å². The molecule has 4 saturated heterocycles. The van der Waals surface area contributed by atoms with Crippen LogP contribution < -0.4 is 20.4 Å². The zero-order valence-corrected chi connectivity index (χ0v) is 33.6. The van der Waals surface area contributed by atoms with E-state index in [0.717, 1.165) is 62.9 Å². The van der Waals surface area contributed by atoms with E-state index in [2.05, 4.69) is 62.4 Å². The van der Waals surface area contributed by atoms with Crippen LogP contribution >= 0.6 is 0 Å². The van der Waals surface area contributed by atoms with Crippen molar-refractivity contribution in [2.45, 2.75) is 76.7 Å². The fourth-order valence-electron chi connectivity index (χ4n) is 10.3. The molecule has 3 aromatic rings. The van der Waals surface area contributed by atoms with Crippen LogP contribution in [-0.2, 0) is 16.1 Å². The zero-order chi connectivity index (χ0) is 41.3. The van der Waals surface area contributed by atoms with Crippen LogP contribution in [0, 0.1) is 17.6 Å². The van der Waals surface area contributed by atoms with Crippen molar-refractivity contribution < 1.29 is 33.1 Å². The lowest BCUT2D eigenvalue weighted by atomic mass is 9.92. The highest BCUT2D eigenvalue weighted by molar-refractivity contribution is 6.05. The highest BCUT2D eigenvalue weighted by Gasteiger charge is 2.46. The van der Waals surface area contributed by atoms with Crippen molar-refractivity contribution in [2.75, 3.05) is 74.0 Å². The normalized spacial score (nSPS) is 26.4. The number of imide groups is 1. The Hall–Kier alpha value is -5.58. The molecule has 5 amide bonds. The SMILES string of the molecule is C[C@@H]1CN(CC2CCN(c3ccc4c(c3)C(=O)N([C@@H]3CCC(=O)NC3=O)C4)CC2)C[C@@H](C)N1C(=O)N1CCN2c3cc(-c4cc(F)cc(F)c4O)nnc3NC[C@@]2(C)C1. The fourth-order valence-corrected chi connectivity index (χ4v) is 10.3. The van der Waals surface area contributed by atoms with E-state index in [4.69, 9.17) is 0 Å². The summed E-state index contributed by atoms with van der Waals surface area (Å²) in [7, 11) is 0. The Morgan fingerprint density at radius 1 is 0.949 bits per heavy atom. The van der Waals surface area contributed by atoms with Crippen molar-refractivity contribution in [3.8, 4) is 17.0 Å². The van der Waals surface area contributed by atoms with E-state index in [0.29, 0.717) is 68.2 Å². The Bertz CT molecular complexity index is 2210. The molecule has 59 heavy (non-hydrogen) atoms. The predicted octanol–water partition coefficient (Wildman–Crippen LogP) is 3.63. The number of phenols is 1. The Balaban J connectivity index is 0.785. The number of amides is 5. The van der Waals surface area contributed by atoms with Gasteiger partial charge < -0.3 is 34.9 Å². The summed E-state index contributed by atoms with van der Waals surface area (Å²) >= 11 is 0. The summed E-state index contributed by atoms with van der Waals surface area (Å²) < 4.78 is 28.3. The third-order valence-electron chi connectivity index (χ3n) is 13.3. The first-order valence-corrected chi connectivity index (χ1v) is 20.7. The van der Waals surface area contributed by atoms with Crippen LogP contribution in [0.5, 0.6) is 5.75 Å². The summed E-state index contributed by atoms with van der Waals surface area (Å²) in [5.41, 5.74) is 2.82. The zero-order valence-electron chi connectivity index (χ0n) is 33.6. The number of piperidine rings is 2. The van der Waals surface area contributed by atoms with Gasteiger partial charge in [-0.2, -0.15) is 0 Å². The first-order chi connectivity index (χ1) is 28.3. The van der Waals surface area contributed by atoms with E-state index in [1.807, 2.05) is 21.9 Å². The highest BCUT2D eigenvalue weighted by atomic mass is 19.1. The quantitative estimate of drug-likeness (QED) is 0.324. The molecule has 3 N–H and O–H groups in total. The number of carbonyl (C=O) groups is 4. The number of phenolic OH excluding ortho intramolecular Hbond substituents is 1. The Kier molecular flexibility index (Phi) is 9.83. The lowest BCUT2D eigenvalue weighted by Crippen LogP contribution is -2.69. The number of aromatic hydroxyl groups is 1. The molecule has 15 nitrogen and oxygen atoms in total. The van der Waals surface area contributed by atoms with Crippen LogP contribution in [0.15, 0.2) is 36.4 Å². The highest BCUT2D eigenvalue weighted by Crippen LogP contribution is 2.41. The summed E-state index contributed by atoms with van der Waals surface area (Å²) in [6, 6.07) is 8.79. The molecule has 0 aliphatic carbocycles. The average molecular weight is 813 g/mol. The molecule has 0 spiro atoms. The lowest BCUT2D eigenvalue weighted by Gasteiger charge is -2.54. The van der Waals surface area contributed by atoms with Gasteiger partial charge in [0.1, 0.15) is 11.9 Å². The number of anilines is 3. The minimum absolute atomic E-state index is 0.0169. The number of nitrogens with one attached hydrogen (secondary N) is 2. The molecule has 0 saturated carbocycles. The minimum atomic E-state index is -1.07. The van der Waals surface area contributed by atoms with Gasteiger partial charge in [-0.25, -0.2) is 13.6 Å². The number of urea groups is 1. The van der Waals surface area contributed by atoms with Crippen LogP contribution in [0.1, 0.15) is 62.4 Å². The second-order valence-electron chi connectivity index (χ2n) is 17.4. The number of benzene rings is 2. The Morgan fingerprint density at radius 3 is 2.46 bits per heavy atom. The first-order valence-electron chi connectivity index (χ1n) is 20.7. The molecule has 9 rings (SSSR count). The van der Waals surface area contributed by atoms with Crippen LogP contribution in [0.25, 0.3) is 11.3 Å². The van der Waals surface area contributed by atoms with E-state index in [9.17, 15) is 33.1 Å². The maximum Gasteiger partial charge on any atom is 0.320 e. The molecule has 4 fully saturated rings. The van der Waals surface area contributed by atoms with Crippen molar-refractivity contribution in [1.82, 2.24) is 35.1 Å². The van der Waals surface area contributed by atoms with Gasteiger partial charge in [0.05, 0.1) is 16.9 Å². The van der Waals surface area contributed by atoms with Crippen molar-refractivity contribution in [3.05, 3.63) is 59.2 Å². The molecule has 0 radical (unpaired) electrons. The van der Waals surface area contributed by atoms with Gasteiger partial charge in [0.15, 0.2) is 17.4 Å². The Labute approximate surface area is 341 Å². The number of fused-ring (bicyclic) bond motifs is 4. The molecular weight excluding hydrogens is 763 g/mol. The minimum Gasteiger partial charge on any atom is -0.504 e. The molecule has 1 aromatic heterocycles. The number of halogens is 2. The molecule has 7 heterocycles. The largest absolute Gasteiger partial charge is 0.504 e. The number of hydrogen-bond donors (Lipinski definition) is 3. The molecule has 6 aliphatic heterocycles. The van der Waals surface area contributed by atoms with E-state index >= 15 is 0 Å². The predicted molar refractivity (Wildman–Crippen MR) is 215 cm³/mol. The third-order valence-corrected chi connectivity index (χ3v) is 13.3. The second-order valence-corrected chi connectivity index (χ2v) is 17.4. The molecule has 6 aliphatic rings. The molecule has 17 heteroatoms. The van der Waals surface area contributed by atoms with Gasteiger partial charge in [-0.3, -0.25) is 24.6 Å². The fraction of sp³-hybridized carbons (Fsp3) is 0.524. The smallest absolute Gasteiger partial charge is 0.320 e. The number of rotatable bonds is 5. The van der Waals surface area contributed by atoms with Crippen LogP contribution in [0.2, 0.25) is 0 Å². The number of piperazine rings is 2. The van der Waals surface area contributed by atoms with E-state index < -0.39 is 34.9 Å². The monoisotopic (exact) mass is 812 g/mol. The van der Waals surface area contributed by atoms with Gasteiger partial charge >= 0.3 is 6.03 Å². The molecule has 4 atom stereocenters. The summed E-state index contributed by atoms with van der Waals surface area (Å²) in [5.74, 6) is -2.40. The summed E-state index contributed by atoms with van der Waals surface area (Å²) in [4.78, 5) is 64.4. The lowest BCUT2D eigenvalue weighted by molar-refractivity contribution is -0.136. The Morgan fingerprint density at radius 2 is 1.71 bits per heavy atom.